The van der Waals surface area contributed by atoms with Crippen molar-refractivity contribution in [3.05, 3.63) is 83.7 Å². The maximum Gasteiger partial charge on any atom is 0.132 e. The third-order valence-corrected chi connectivity index (χ3v) is 5.29. The molecule has 0 aliphatic heterocycles. The van der Waals surface area contributed by atoms with E-state index in [2.05, 4.69) is 67.4 Å². The second kappa shape index (κ2) is 23.3. The number of aromatic nitrogens is 2. The fourth-order valence-electron chi connectivity index (χ4n) is 2.90. The molecule has 1 aromatic rings. The van der Waals surface area contributed by atoms with Gasteiger partial charge in [0.15, 0.2) is 0 Å². The maximum atomic E-state index is 4.49. The highest BCUT2D eigenvalue weighted by Crippen LogP contribution is 2.34. The molecule has 0 atom stereocenters. The molecule has 1 heterocycles. The Morgan fingerprint density at radius 1 is 1.09 bits per heavy atom. The molecule has 0 radical (unpaired) electrons. The summed E-state index contributed by atoms with van der Waals surface area (Å²) in [5, 5.41) is 2.96. The van der Waals surface area contributed by atoms with Gasteiger partial charge in [-0.25, -0.2) is 9.97 Å². The van der Waals surface area contributed by atoms with Gasteiger partial charge in [-0.05, 0) is 77.9 Å². The van der Waals surface area contributed by atoms with Crippen molar-refractivity contribution in [2.75, 3.05) is 7.05 Å². The summed E-state index contributed by atoms with van der Waals surface area (Å²) in [6.07, 6.45) is 20.2. The SMILES string of the molecule is C=C(C)C1CC1.C=C/C=C(/C)NC.CC.CCCC.Cc1cc(C)nc(CC2=CCC=CCC2)n1.[HH].[HH]. The van der Waals surface area contributed by atoms with E-state index in [1.807, 2.05) is 53.8 Å². The lowest BCUT2D eigenvalue weighted by atomic mass is 10.1. The summed E-state index contributed by atoms with van der Waals surface area (Å²) in [5.41, 5.74) is 6.10. The molecule has 3 nitrogen and oxygen atoms in total. The first-order chi connectivity index (χ1) is 16.8. The summed E-state index contributed by atoms with van der Waals surface area (Å²) in [6.45, 7) is 23.9. The minimum Gasteiger partial charge on any atom is -0.392 e. The van der Waals surface area contributed by atoms with Gasteiger partial charge in [-0.3, -0.25) is 0 Å². The van der Waals surface area contributed by atoms with Crippen LogP contribution in [0.5, 0.6) is 0 Å². The molecule has 0 bridgehead atoms. The average Bonchev–Trinajstić information content (AvgIpc) is 3.69. The van der Waals surface area contributed by atoms with E-state index >= 15 is 0 Å². The van der Waals surface area contributed by atoms with Crippen LogP contribution in [0.2, 0.25) is 0 Å². The molecule has 1 aromatic heterocycles. The Morgan fingerprint density at radius 3 is 2.03 bits per heavy atom. The molecule has 1 N–H and O–H groups in total. The highest BCUT2D eigenvalue weighted by Gasteiger charge is 2.20. The molecule has 202 valence electrons. The lowest BCUT2D eigenvalue weighted by Gasteiger charge is -2.06. The van der Waals surface area contributed by atoms with Crippen LogP contribution >= 0.6 is 0 Å². The van der Waals surface area contributed by atoms with Gasteiger partial charge in [-0.1, -0.05) is 89.1 Å². The fourth-order valence-corrected chi connectivity index (χ4v) is 2.90. The molecule has 0 saturated heterocycles. The Balaban J connectivity index is -0.000000218. The third-order valence-electron chi connectivity index (χ3n) is 5.29. The van der Waals surface area contributed by atoms with Crippen molar-refractivity contribution in [3.63, 3.8) is 0 Å². The van der Waals surface area contributed by atoms with E-state index in [9.17, 15) is 0 Å². The Bertz CT molecular complexity index is 769. The van der Waals surface area contributed by atoms with Crippen LogP contribution in [0.15, 0.2) is 66.4 Å². The van der Waals surface area contributed by atoms with E-state index < -0.39 is 0 Å². The standard InChI is InChI=1S/C14H18N2.C6H11N.C6H10.C4H10.C2H6.2H2/c1-11-9-12(2)16-14(15-11)10-13-7-5-3-4-6-8-13;1-4-5-6(2)7-3;1-5(2)6-3-4-6;1-3-4-2;1-2;;/h3-4,7,9H,5-6,8,10H2,1-2H3;4-5,7H,1H2,2-3H3;6H,1,3-4H2,2H3;3-4H2,1-2H3;1-2H3;2*1H/b;6-5-;;;;;. The Kier molecular flexibility index (Phi) is 23.2. The van der Waals surface area contributed by atoms with Crippen LogP contribution in [-0.4, -0.2) is 17.0 Å². The first kappa shape index (κ1) is 34.7. The number of allylic oxidation sites excluding steroid dienone is 8. The lowest BCUT2D eigenvalue weighted by Crippen LogP contribution is -2.01. The molecule has 0 unspecified atom stereocenters. The van der Waals surface area contributed by atoms with Crippen molar-refractivity contribution < 1.29 is 2.85 Å². The van der Waals surface area contributed by atoms with Gasteiger partial charge in [-0.2, -0.15) is 0 Å². The van der Waals surface area contributed by atoms with Crippen molar-refractivity contribution in [1.82, 2.24) is 15.3 Å². The predicted octanol–water partition coefficient (Wildman–Crippen LogP) is 9.90. The summed E-state index contributed by atoms with van der Waals surface area (Å²) in [4.78, 5) is 8.97. The Hall–Kier alpha value is -2.42. The van der Waals surface area contributed by atoms with Gasteiger partial charge in [-0.15, -0.1) is 0 Å². The van der Waals surface area contributed by atoms with Crippen molar-refractivity contribution in [3.8, 4) is 0 Å². The molecule has 0 aromatic carbocycles. The van der Waals surface area contributed by atoms with Crippen LogP contribution in [0.1, 0.15) is 107 Å². The smallest absolute Gasteiger partial charge is 0.132 e. The van der Waals surface area contributed by atoms with E-state index in [1.54, 1.807) is 6.08 Å². The second-order valence-electron chi connectivity index (χ2n) is 8.81. The largest absolute Gasteiger partial charge is 0.392 e. The molecule has 0 amide bonds. The van der Waals surface area contributed by atoms with Crippen LogP contribution in [0, 0.1) is 19.8 Å². The zero-order chi connectivity index (χ0) is 27.1. The number of unbranched alkanes of at least 4 members (excludes halogenated alkanes) is 1. The molecule has 35 heavy (non-hydrogen) atoms. The predicted molar refractivity (Wildman–Crippen MR) is 163 cm³/mol. The second-order valence-corrected chi connectivity index (χ2v) is 8.81. The monoisotopic (exact) mass is 485 g/mol. The van der Waals surface area contributed by atoms with Crippen LogP contribution in [0.25, 0.3) is 0 Å². The van der Waals surface area contributed by atoms with Crippen LogP contribution in [0.4, 0.5) is 0 Å². The van der Waals surface area contributed by atoms with Gasteiger partial charge >= 0.3 is 0 Å². The van der Waals surface area contributed by atoms with Gasteiger partial charge < -0.3 is 5.32 Å². The van der Waals surface area contributed by atoms with Crippen LogP contribution < -0.4 is 5.32 Å². The Morgan fingerprint density at radius 2 is 1.66 bits per heavy atom. The number of nitrogens with zero attached hydrogens (tertiary/aromatic N) is 2. The summed E-state index contributed by atoms with van der Waals surface area (Å²) >= 11 is 0. The normalized spacial score (nSPS) is 14.0. The van der Waals surface area contributed by atoms with Crippen molar-refractivity contribution in [2.45, 2.75) is 107 Å². The lowest BCUT2D eigenvalue weighted by molar-refractivity contribution is 0.854. The van der Waals surface area contributed by atoms with Crippen molar-refractivity contribution in [2.24, 2.45) is 5.92 Å². The van der Waals surface area contributed by atoms with E-state index in [4.69, 9.17) is 0 Å². The zero-order valence-corrected chi connectivity index (χ0v) is 24.5. The van der Waals surface area contributed by atoms with Crippen LogP contribution in [-0.2, 0) is 6.42 Å². The minimum absolute atomic E-state index is 0. The number of aryl methyl sites for hydroxylation is 2. The van der Waals surface area contributed by atoms with Crippen molar-refractivity contribution in [1.29, 1.82) is 0 Å². The van der Waals surface area contributed by atoms with Gasteiger partial charge in [0.1, 0.15) is 5.82 Å². The first-order valence-corrected chi connectivity index (χ1v) is 13.5. The zero-order valence-electron chi connectivity index (χ0n) is 24.5. The molecule has 1 saturated carbocycles. The number of nitrogens with one attached hydrogen (secondary N) is 1. The van der Waals surface area contributed by atoms with E-state index in [0.717, 1.165) is 54.5 Å². The van der Waals surface area contributed by atoms with E-state index in [1.165, 1.54) is 36.8 Å². The highest BCUT2D eigenvalue weighted by molar-refractivity contribution is 5.17. The minimum atomic E-state index is 0. The van der Waals surface area contributed by atoms with Crippen molar-refractivity contribution >= 4 is 0 Å². The van der Waals surface area contributed by atoms with Gasteiger partial charge in [0.2, 0.25) is 0 Å². The average molecular weight is 486 g/mol. The molecule has 2 aliphatic rings. The molecular formula is C32H59N3. The van der Waals surface area contributed by atoms with Gasteiger partial charge in [0, 0.05) is 33.4 Å². The third kappa shape index (κ3) is 21.8. The number of rotatable bonds is 6. The summed E-state index contributed by atoms with van der Waals surface area (Å²) < 4.78 is 0. The van der Waals surface area contributed by atoms with Crippen LogP contribution in [0.3, 0.4) is 0 Å². The van der Waals surface area contributed by atoms with Gasteiger partial charge in [0.25, 0.3) is 0 Å². The van der Waals surface area contributed by atoms with E-state index in [-0.39, 0.29) is 2.85 Å². The molecular weight excluding hydrogens is 426 g/mol. The first-order valence-electron chi connectivity index (χ1n) is 13.5. The topological polar surface area (TPSA) is 37.8 Å². The van der Waals surface area contributed by atoms with Gasteiger partial charge in [0.05, 0.1) is 0 Å². The number of hydrogen-bond acceptors (Lipinski definition) is 3. The molecule has 1 fully saturated rings. The quantitative estimate of drug-likeness (QED) is 0.322. The van der Waals surface area contributed by atoms with E-state index in [0.29, 0.717) is 0 Å². The Labute approximate surface area is 221 Å². The maximum absolute atomic E-state index is 4.49. The summed E-state index contributed by atoms with van der Waals surface area (Å²) in [5.74, 6) is 1.87. The highest BCUT2D eigenvalue weighted by atomic mass is 14.9. The molecule has 3 heteroatoms. The molecule has 3 rings (SSSR count). The summed E-state index contributed by atoms with van der Waals surface area (Å²) in [6, 6.07) is 2.02. The number of hydrogen-bond donors (Lipinski definition) is 1. The fraction of sp³-hybridized carbons (Fsp3) is 0.562. The summed E-state index contributed by atoms with van der Waals surface area (Å²) in [7, 11) is 1.88. The molecule has 0 spiro atoms. The molecule has 2 aliphatic carbocycles.